The summed E-state index contributed by atoms with van der Waals surface area (Å²) in [5.74, 6) is 0.139. The molecule has 0 aliphatic carbocycles. The quantitative estimate of drug-likeness (QED) is 0.777. The Balaban J connectivity index is 1.57. The maximum Gasteiger partial charge on any atom is 0.232 e. The number of fused-ring (bicyclic) bond motifs is 1. The van der Waals surface area contributed by atoms with Crippen LogP contribution in [0.15, 0.2) is 30.7 Å². The fraction of sp³-hybridized carbons (Fsp3) is 0.444. The first-order chi connectivity index (χ1) is 12.7. The molecule has 0 bridgehead atoms. The molecule has 4 rings (SSSR count). The average Bonchev–Trinajstić information content (AvgIpc) is 3.27. The molecular weight excluding hydrogens is 332 g/mol. The van der Waals surface area contributed by atoms with Crippen molar-refractivity contribution in [3.05, 3.63) is 36.3 Å². The number of nitrogens with one attached hydrogen (secondary N) is 1. The normalized spacial score (nSPS) is 20.4. The van der Waals surface area contributed by atoms with Gasteiger partial charge in [0.1, 0.15) is 5.52 Å². The van der Waals surface area contributed by atoms with Crippen LogP contribution in [0, 0.1) is 5.92 Å². The van der Waals surface area contributed by atoms with Crippen LogP contribution in [-0.4, -0.2) is 36.8 Å². The van der Waals surface area contributed by atoms with E-state index >= 15 is 0 Å². The van der Waals surface area contributed by atoms with Gasteiger partial charge in [0.25, 0.3) is 0 Å². The van der Waals surface area contributed by atoms with Crippen molar-refractivity contribution in [2.75, 3.05) is 11.9 Å². The largest absolute Gasteiger partial charge is 0.373 e. The zero-order valence-corrected chi connectivity index (χ0v) is 14.9. The SMILES string of the molecule is CCn1cc([C@@H]2OCCC[C@H]2C(=O)Nc2nc3cccnc3n2C)cn1. The van der Waals surface area contributed by atoms with Crippen LogP contribution in [0.4, 0.5) is 5.95 Å². The summed E-state index contributed by atoms with van der Waals surface area (Å²) < 4.78 is 9.57. The number of aromatic nitrogens is 5. The number of ether oxygens (including phenoxy) is 1. The van der Waals surface area contributed by atoms with Crippen molar-refractivity contribution >= 4 is 23.0 Å². The fourth-order valence-corrected chi connectivity index (χ4v) is 3.42. The van der Waals surface area contributed by atoms with Crippen LogP contribution in [0.3, 0.4) is 0 Å². The Labute approximate surface area is 151 Å². The first kappa shape index (κ1) is 16.7. The first-order valence-corrected chi connectivity index (χ1v) is 8.89. The number of hydrogen-bond donors (Lipinski definition) is 1. The van der Waals surface area contributed by atoms with Gasteiger partial charge >= 0.3 is 0 Å². The molecule has 0 spiro atoms. The van der Waals surface area contributed by atoms with Crippen LogP contribution in [0.1, 0.15) is 31.4 Å². The molecular formula is C18H22N6O2. The summed E-state index contributed by atoms with van der Waals surface area (Å²) in [5, 5.41) is 7.27. The number of rotatable bonds is 4. The van der Waals surface area contributed by atoms with E-state index in [9.17, 15) is 4.79 Å². The maximum atomic E-state index is 13.0. The van der Waals surface area contributed by atoms with Crippen molar-refractivity contribution in [3.8, 4) is 0 Å². The number of pyridine rings is 1. The second-order valence-electron chi connectivity index (χ2n) is 6.50. The first-order valence-electron chi connectivity index (χ1n) is 8.89. The van der Waals surface area contributed by atoms with E-state index in [1.807, 2.05) is 37.0 Å². The van der Waals surface area contributed by atoms with E-state index in [4.69, 9.17) is 4.74 Å². The molecule has 1 fully saturated rings. The van der Waals surface area contributed by atoms with Gasteiger partial charge in [-0.1, -0.05) is 0 Å². The van der Waals surface area contributed by atoms with Crippen molar-refractivity contribution in [2.45, 2.75) is 32.4 Å². The summed E-state index contributed by atoms with van der Waals surface area (Å²) >= 11 is 0. The molecule has 1 N–H and O–H groups in total. The van der Waals surface area contributed by atoms with E-state index in [2.05, 4.69) is 20.4 Å². The summed E-state index contributed by atoms with van der Waals surface area (Å²) in [6, 6.07) is 3.71. The third-order valence-electron chi connectivity index (χ3n) is 4.83. The molecule has 0 aromatic carbocycles. The molecule has 0 radical (unpaired) electrons. The lowest BCUT2D eigenvalue weighted by atomic mass is 9.90. The molecule has 3 aromatic heterocycles. The molecule has 8 heteroatoms. The summed E-state index contributed by atoms with van der Waals surface area (Å²) in [4.78, 5) is 21.7. The number of anilines is 1. The van der Waals surface area contributed by atoms with Crippen molar-refractivity contribution in [1.82, 2.24) is 24.3 Å². The Bertz CT molecular complexity index is 931. The highest BCUT2D eigenvalue weighted by molar-refractivity contribution is 5.93. The highest BCUT2D eigenvalue weighted by Gasteiger charge is 2.34. The number of nitrogens with zero attached hydrogens (tertiary/aromatic N) is 5. The average molecular weight is 354 g/mol. The number of imidazole rings is 1. The number of aryl methyl sites for hydroxylation is 2. The zero-order chi connectivity index (χ0) is 18.1. The summed E-state index contributed by atoms with van der Waals surface area (Å²) in [6.07, 6.45) is 6.81. The highest BCUT2D eigenvalue weighted by Crippen LogP contribution is 2.34. The number of hydrogen-bond acceptors (Lipinski definition) is 5. The third-order valence-corrected chi connectivity index (χ3v) is 4.83. The molecule has 0 unspecified atom stereocenters. The van der Waals surface area contributed by atoms with E-state index in [1.54, 1.807) is 17.0 Å². The molecule has 2 atom stereocenters. The molecule has 1 aliphatic heterocycles. The fourth-order valence-electron chi connectivity index (χ4n) is 3.42. The molecule has 8 nitrogen and oxygen atoms in total. The molecule has 26 heavy (non-hydrogen) atoms. The van der Waals surface area contributed by atoms with E-state index in [1.165, 1.54) is 0 Å². The van der Waals surface area contributed by atoms with E-state index in [0.29, 0.717) is 12.6 Å². The molecule has 0 saturated carbocycles. The molecule has 1 saturated heterocycles. The van der Waals surface area contributed by atoms with Crippen LogP contribution in [-0.2, 0) is 23.1 Å². The van der Waals surface area contributed by atoms with Gasteiger partial charge in [-0.25, -0.2) is 9.97 Å². The van der Waals surface area contributed by atoms with Gasteiger partial charge in [0.2, 0.25) is 11.9 Å². The second kappa shape index (κ2) is 6.87. The zero-order valence-electron chi connectivity index (χ0n) is 14.9. The minimum atomic E-state index is -0.281. The van der Waals surface area contributed by atoms with Gasteiger partial charge in [0, 0.05) is 38.2 Å². The van der Waals surface area contributed by atoms with Crippen LogP contribution >= 0.6 is 0 Å². The Morgan fingerprint density at radius 2 is 2.35 bits per heavy atom. The standard InChI is InChI=1S/C18H22N6O2/c1-3-24-11-12(10-20-24)15-13(6-5-9-26-15)17(25)22-18-21-14-7-4-8-19-16(14)23(18)2/h4,7-8,10-11,13,15H,3,5-6,9H2,1-2H3,(H,21,22,25)/t13-,15+/m1/s1. The molecule has 4 heterocycles. The van der Waals surface area contributed by atoms with Gasteiger partial charge in [-0.05, 0) is 31.9 Å². The van der Waals surface area contributed by atoms with E-state index in [0.717, 1.165) is 36.1 Å². The molecule has 1 amide bonds. The van der Waals surface area contributed by atoms with Gasteiger partial charge in [0.15, 0.2) is 5.65 Å². The monoisotopic (exact) mass is 354 g/mol. The van der Waals surface area contributed by atoms with Crippen molar-refractivity contribution < 1.29 is 9.53 Å². The summed E-state index contributed by atoms with van der Waals surface area (Å²) in [6.45, 7) is 3.47. The molecule has 3 aromatic rings. The lowest BCUT2D eigenvalue weighted by molar-refractivity contribution is -0.129. The molecule has 136 valence electrons. The number of carbonyl (C=O) groups excluding carboxylic acids is 1. The Morgan fingerprint density at radius 3 is 3.12 bits per heavy atom. The Hall–Kier alpha value is -2.74. The lowest BCUT2D eigenvalue weighted by Crippen LogP contribution is -2.33. The van der Waals surface area contributed by atoms with Gasteiger partial charge in [-0.3, -0.25) is 19.4 Å². The van der Waals surface area contributed by atoms with Gasteiger partial charge in [0.05, 0.1) is 18.2 Å². The highest BCUT2D eigenvalue weighted by atomic mass is 16.5. The molecule has 1 aliphatic rings. The van der Waals surface area contributed by atoms with Gasteiger partial charge < -0.3 is 4.74 Å². The summed E-state index contributed by atoms with van der Waals surface area (Å²) in [7, 11) is 1.85. The maximum absolute atomic E-state index is 13.0. The number of carbonyl (C=O) groups is 1. The number of amides is 1. The third kappa shape index (κ3) is 2.96. The minimum absolute atomic E-state index is 0.0858. The Morgan fingerprint density at radius 1 is 1.46 bits per heavy atom. The topological polar surface area (TPSA) is 86.9 Å². The van der Waals surface area contributed by atoms with Crippen LogP contribution < -0.4 is 5.32 Å². The predicted octanol–water partition coefficient (Wildman–Crippen LogP) is 2.29. The van der Waals surface area contributed by atoms with Gasteiger partial charge in [-0.15, -0.1) is 0 Å². The van der Waals surface area contributed by atoms with Crippen LogP contribution in [0.2, 0.25) is 0 Å². The minimum Gasteiger partial charge on any atom is -0.373 e. The Kier molecular flexibility index (Phi) is 4.42. The predicted molar refractivity (Wildman–Crippen MR) is 96.5 cm³/mol. The smallest absolute Gasteiger partial charge is 0.232 e. The van der Waals surface area contributed by atoms with Crippen LogP contribution in [0.5, 0.6) is 0 Å². The van der Waals surface area contributed by atoms with Crippen molar-refractivity contribution in [1.29, 1.82) is 0 Å². The van der Waals surface area contributed by atoms with Gasteiger partial charge in [-0.2, -0.15) is 5.10 Å². The second-order valence-corrected chi connectivity index (χ2v) is 6.50. The van der Waals surface area contributed by atoms with Crippen molar-refractivity contribution in [3.63, 3.8) is 0 Å². The van der Waals surface area contributed by atoms with Crippen LogP contribution in [0.25, 0.3) is 11.2 Å². The van der Waals surface area contributed by atoms with Crippen molar-refractivity contribution in [2.24, 2.45) is 13.0 Å². The van der Waals surface area contributed by atoms with E-state index < -0.39 is 0 Å². The van der Waals surface area contributed by atoms with E-state index in [-0.39, 0.29) is 17.9 Å². The summed E-state index contributed by atoms with van der Waals surface area (Å²) in [5.41, 5.74) is 2.44. The lowest BCUT2D eigenvalue weighted by Gasteiger charge is -2.30.